The minimum atomic E-state index is -1.08. The summed E-state index contributed by atoms with van der Waals surface area (Å²) in [5.74, 6) is -0.323. The van der Waals surface area contributed by atoms with Crippen LogP contribution in [-0.4, -0.2) is 36.2 Å². The maximum Gasteiger partial charge on any atom is 0.326 e. The lowest BCUT2D eigenvalue weighted by atomic mass is 10.1. The van der Waals surface area contributed by atoms with E-state index in [0.29, 0.717) is 11.5 Å². The van der Waals surface area contributed by atoms with E-state index in [1.165, 1.54) is 14.0 Å². The van der Waals surface area contributed by atoms with Crippen molar-refractivity contribution in [3.8, 4) is 11.5 Å². The molecule has 1 aromatic carbocycles. The third-order valence-electron chi connectivity index (χ3n) is 2.71. The van der Waals surface area contributed by atoms with E-state index in [0.717, 1.165) is 5.56 Å². The lowest BCUT2D eigenvalue weighted by molar-refractivity contribution is -0.141. The Balaban J connectivity index is 2.92. The number of hydrogen-bond acceptors (Lipinski definition) is 4. The highest BCUT2D eigenvalue weighted by Gasteiger charge is 2.19. The molecule has 21 heavy (non-hydrogen) atoms. The van der Waals surface area contributed by atoms with Gasteiger partial charge < -0.3 is 19.9 Å². The highest BCUT2D eigenvalue weighted by Crippen LogP contribution is 2.29. The number of rotatable bonds is 7. The monoisotopic (exact) mass is 295 g/mol. The van der Waals surface area contributed by atoms with Gasteiger partial charge in [0.05, 0.1) is 13.2 Å². The lowest BCUT2D eigenvalue weighted by Gasteiger charge is -2.16. The molecule has 1 rings (SSSR count). The summed E-state index contributed by atoms with van der Waals surface area (Å²) in [6.45, 7) is 5.10. The predicted molar refractivity (Wildman–Crippen MR) is 77.7 cm³/mol. The molecule has 0 aliphatic heterocycles. The second-order valence-electron chi connectivity index (χ2n) is 4.95. The summed E-state index contributed by atoms with van der Waals surface area (Å²) in [4.78, 5) is 22.2. The van der Waals surface area contributed by atoms with Crippen LogP contribution < -0.4 is 14.8 Å². The highest BCUT2D eigenvalue weighted by molar-refractivity contribution is 5.82. The Morgan fingerprint density at radius 3 is 2.43 bits per heavy atom. The molecular formula is C15H21NO5. The van der Waals surface area contributed by atoms with Crippen LogP contribution in [0.4, 0.5) is 0 Å². The van der Waals surface area contributed by atoms with E-state index in [-0.39, 0.29) is 18.4 Å². The van der Waals surface area contributed by atoms with Crippen LogP contribution in [0.3, 0.4) is 0 Å². The molecule has 1 unspecified atom stereocenters. The molecule has 1 atom stereocenters. The van der Waals surface area contributed by atoms with Gasteiger partial charge in [-0.3, -0.25) is 4.79 Å². The number of carboxylic acids is 1. The number of carboxylic acid groups (broad SMARTS) is 1. The SMILES string of the molecule is COc1cc(CC(NC(C)=O)C(=O)O)ccc1OC(C)C. The Morgan fingerprint density at radius 2 is 1.95 bits per heavy atom. The Bertz CT molecular complexity index is 513. The van der Waals surface area contributed by atoms with Gasteiger partial charge in [0.15, 0.2) is 11.5 Å². The summed E-state index contributed by atoms with van der Waals surface area (Å²) in [7, 11) is 1.52. The first-order valence-corrected chi connectivity index (χ1v) is 6.67. The molecule has 0 radical (unpaired) electrons. The summed E-state index contributed by atoms with van der Waals surface area (Å²) in [5.41, 5.74) is 0.740. The van der Waals surface area contributed by atoms with Crippen LogP contribution in [0.2, 0.25) is 0 Å². The van der Waals surface area contributed by atoms with Crippen molar-refractivity contribution < 1.29 is 24.2 Å². The average molecular weight is 295 g/mol. The fraction of sp³-hybridized carbons (Fsp3) is 0.467. The molecule has 2 N–H and O–H groups in total. The van der Waals surface area contributed by atoms with Gasteiger partial charge in [-0.05, 0) is 31.5 Å². The number of ether oxygens (including phenoxy) is 2. The standard InChI is InChI=1S/C15H21NO5/c1-9(2)21-13-6-5-11(8-14(13)20-4)7-12(15(18)19)16-10(3)17/h5-6,8-9,12H,7H2,1-4H3,(H,16,17)(H,18,19). The van der Waals surface area contributed by atoms with E-state index in [1.54, 1.807) is 18.2 Å². The number of carbonyl (C=O) groups excluding carboxylic acids is 1. The maximum absolute atomic E-state index is 11.1. The van der Waals surface area contributed by atoms with Gasteiger partial charge in [0, 0.05) is 13.3 Å². The predicted octanol–water partition coefficient (Wildman–Crippen LogP) is 1.61. The topological polar surface area (TPSA) is 84.9 Å². The Labute approximate surface area is 124 Å². The van der Waals surface area contributed by atoms with Gasteiger partial charge in [-0.15, -0.1) is 0 Å². The van der Waals surface area contributed by atoms with Crippen molar-refractivity contribution in [2.24, 2.45) is 0 Å². The molecule has 0 aliphatic rings. The van der Waals surface area contributed by atoms with Crippen LogP contribution in [-0.2, 0) is 16.0 Å². The highest BCUT2D eigenvalue weighted by atomic mass is 16.5. The first-order chi connectivity index (χ1) is 9.83. The second-order valence-corrected chi connectivity index (χ2v) is 4.95. The van der Waals surface area contributed by atoms with Crippen LogP contribution in [0.5, 0.6) is 11.5 Å². The molecule has 6 nitrogen and oxygen atoms in total. The quantitative estimate of drug-likeness (QED) is 0.798. The van der Waals surface area contributed by atoms with Crippen LogP contribution in [0.25, 0.3) is 0 Å². The zero-order valence-electron chi connectivity index (χ0n) is 12.7. The van der Waals surface area contributed by atoms with Crippen LogP contribution in [0.1, 0.15) is 26.3 Å². The minimum Gasteiger partial charge on any atom is -0.493 e. The molecule has 0 aliphatic carbocycles. The van der Waals surface area contributed by atoms with E-state index in [1.807, 2.05) is 13.8 Å². The largest absolute Gasteiger partial charge is 0.493 e. The van der Waals surface area contributed by atoms with Gasteiger partial charge in [0.1, 0.15) is 6.04 Å². The number of amides is 1. The molecule has 0 saturated carbocycles. The number of methoxy groups -OCH3 is 1. The summed E-state index contributed by atoms with van der Waals surface area (Å²) < 4.78 is 10.8. The third kappa shape index (κ3) is 5.33. The van der Waals surface area contributed by atoms with E-state index >= 15 is 0 Å². The zero-order valence-corrected chi connectivity index (χ0v) is 12.7. The lowest BCUT2D eigenvalue weighted by Crippen LogP contribution is -2.41. The molecule has 6 heteroatoms. The summed E-state index contributed by atoms with van der Waals surface area (Å²) in [5, 5.41) is 11.5. The molecule has 0 fully saturated rings. The van der Waals surface area contributed by atoms with Gasteiger partial charge in [-0.2, -0.15) is 0 Å². The Kier molecular flexibility index (Phi) is 6.02. The van der Waals surface area contributed by atoms with Gasteiger partial charge >= 0.3 is 5.97 Å². The molecule has 0 bridgehead atoms. The van der Waals surface area contributed by atoms with E-state index in [9.17, 15) is 9.59 Å². The zero-order chi connectivity index (χ0) is 16.0. The van der Waals surface area contributed by atoms with Gasteiger partial charge in [-0.25, -0.2) is 4.79 Å². The number of benzene rings is 1. The normalized spacial score (nSPS) is 11.9. The number of aliphatic carboxylic acids is 1. The summed E-state index contributed by atoms with van der Waals surface area (Å²) in [6, 6.07) is 4.25. The fourth-order valence-electron chi connectivity index (χ4n) is 1.87. The van der Waals surface area contributed by atoms with Crippen molar-refractivity contribution in [3.05, 3.63) is 23.8 Å². The van der Waals surface area contributed by atoms with Crippen molar-refractivity contribution in [2.75, 3.05) is 7.11 Å². The Hall–Kier alpha value is -2.24. The molecule has 116 valence electrons. The van der Waals surface area contributed by atoms with E-state index in [4.69, 9.17) is 14.6 Å². The summed E-state index contributed by atoms with van der Waals surface area (Å²) >= 11 is 0. The van der Waals surface area contributed by atoms with Crippen molar-refractivity contribution in [1.82, 2.24) is 5.32 Å². The van der Waals surface area contributed by atoms with E-state index in [2.05, 4.69) is 5.32 Å². The van der Waals surface area contributed by atoms with Gasteiger partial charge in [0.2, 0.25) is 5.91 Å². The number of nitrogens with one attached hydrogen (secondary N) is 1. The number of carbonyl (C=O) groups is 2. The van der Waals surface area contributed by atoms with Gasteiger partial charge in [-0.1, -0.05) is 6.07 Å². The Morgan fingerprint density at radius 1 is 1.29 bits per heavy atom. The van der Waals surface area contributed by atoms with Crippen molar-refractivity contribution in [3.63, 3.8) is 0 Å². The molecule has 0 aromatic heterocycles. The van der Waals surface area contributed by atoms with Crippen molar-refractivity contribution in [1.29, 1.82) is 0 Å². The first-order valence-electron chi connectivity index (χ1n) is 6.67. The maximum atomic E-state index is 11.1. The average Bonchev–Trinajstić information content (AvgIpc) is 2.38. The number of hydrogen-bond donors (Lipinski definition) is 2. The van der Waals surface area contributed by atoms with Crippen molar-refractivity contribution >= 4 is 11.9 Å². The minimum absolute atomic E-state index is 0.0101. The second kappa shape index (κ2) is 7.52. The molecule has 1 amide bonds. The van der Waals surface area contributed by atoms with Crippen LogP contribution >= 0.6 is 0 Å². The molecule has 1 aromatic rings. The van der Waals surface area contributed by atoms with Gasteiger partial charge in [0.25, 0.3) is 0 Å². The molecule has 0 saturated heterocycles. The molecular weight excluding hydrogens is 274 g/mol. The van der Waals surface area contributed by atoms with Crippen LogP contribution in [0, 0.1) is 0 Å². The third-order valence-corrected chi connectivity index (χ3v) is 2.71. The first kappa shape index (κ1) is 16.8. The fourth-order valence-corrected chi connectivity index (χ4v) is 1.87. The molecule has 0 spiro atoms. The van der Waals surface area contributed by atoms with Crippen molar-refractivity contribution in [2.45, 2.75) is 39.3 Å². The van der Waals surface area contributed by atoms with E-state index < -0.39 is 12.0 Å². The molecule has 0 heterocycles. The van der Waals surface area contributed by atoms with Crippen LogP contribution in [0.15, 0.2) is 18.2 Å². The summed E-state index contributed by atoms with van der Waals surface area (Å²) in [6.07, 6.45) is 0.184. The smallest absolute Gasteiger partial charge is 0.326 e.